The maximum absolute atomic E-state index is 14.6. The minimum atomic E-state index is -1.96. The van der Waals surface area contributed by atoms with Crippen molar-refractivity contribution in [1.82, 2.24) is 0 Å². The lowest BCUT2D eigenvalue weighted by molar-refractivity contribution is -0.277. The number of hydrogen-bond donors (Lipinski definition) is 10. The van der Waals surface area contributed by atoms with Crippen LogP contribution in [-0.4, -0.2) is 149 Å². The lowest BCUT2D eigenvalue weighted by Crippen LogP contribution is -2.60. The van der Waals surface area contributed by atoms with Crippen LogP contribution in [0.4, 0.5) is 0 Å². The number of carboxylic acids is 2. The molecule has 326 valence electrons. The first-order valence-electron chi connectivity index (χ1n) is 18.9. The fraction of sp³-hybridized carbons (Fsp3) is 0.333. The van der Waals surface area contributed by atoms with E-state index in [1.54, 1.807) is 0 Å². The van der Waals surface area contributed by atoms with Gasteiger partial charge in [0.25, 0.3) is 0 Å². The number of rotatable bonds is 9. The van der Waals surface area contributed by atoms with Crippen LogP contribution < -0.4 is 19.7 Å². The zero-order chi connectivity index (χ0) is 44.6. The molecule has 0 unspecified atom stereocenters. The van der Waals surface area contributed by atoms with Crippen molar-refractivity contribution in [2.24, 2.45) is 0 Å². The van der Waals surface area contributed by atoms with Gasteiger partial charge in [0.2, 0.25) is 12.6 Å². The number of ether oxygens (including phenoxy) is 4. The van der Waals surface area contributed by atoms with Crippen molar-refractivity contribution in [3.8, 4) is 23.0 Å². The van der Waals surface area contributed by atoms with Crippen molar-refractivity contribution < 1.29 is 99.4 Å². The van der Waals surface area contributed by atoms with Gasteiger partial charge >= 0.3 is 11.9 Å². The maximum atomic E-state index is 14.6. The number of aliphatic hydroxyl groups is 8. The number of carboxylic acid groups (broad SMARTS) is 2. The highest BCUT2D eigenvalue weighted by molar-refractivity contribution is 6.18. The highest BCUT2D eigenvalue weighted by Crippen LogP contribution is 2.56. The van der Waals surface area contributed by atoms with Gasteiger partial charge in [0.15, 0.2) is 11.6 Å². The summed E-state index contributed by atoms with van der Waals surface area (Å²) in [7, 11) is 0. The van der Waals surface area contributed by atoms with Crippen LogP contribution in [0.1, 0.15) is 86.6 Å². The van der Waals surface area contributed by atoms with Crippen LogP contribution in [0.25, 0.3) is 0 Å². The van der Waals surface area contributed by atoms with Crippen LogP contribution in [0, 0.1) is 0 Å². The molecule has 0 saturated carbocycles. The summed E-state index contributed by atoms with van der Waals surface area (Å²) in [5, 5.41) is 131. The van der Waals surface area contributed by atoms with E-state index in [0.717, 1.165) is 12.1 Å². The molecule has 0 amide bonds. The van der Waals surface area contributed by atoms with Crippen molar-refractivity contribution in [1.29, 1.82) is 0 Å². The molecule has 0 aromatic heterocycles. The van der Waals surface area contributed by atoms with E-state index in [1.165, 1.54) is 36.4 Å². The van der Waals surface area contributed by atoms with Gasteiger partial charge in [-0.1, -0.05) is 47.9 Å². The molecular formula is C42H36O20-2. The monoisotopic (exact) mass is 860 g/mol. The SMILES string of the molecule is O=C(O)c1cc([O-])c2c(c1)[C@@H]([C@H]1c3cc(C(=O)O)cc([O-])c3C(=O)c3c(O[C@@H]4O[C@H](CO)[C@@H](O)[C@H](O)[C@H]4O)cccc31)c1cccc(O[C@@H]3O[C@H](CO)[C@@H](O)[C@H](O)[C@H]3O)c1C2=O. The van der Waals surface area contributed by atoms with Crippen molar-refractivity contribution in [3.63, 3.8) is 0 Å². The predicted octanol–water partition coefficient (Wildman–Crippen LogP) is -2.36. The third kappa shape index (κ3) is 6.73. The second-order valence-electron chi connectivity index (χ2n) is 15.2. The Kier molecular flexibility index (Phi) is 11.0. The van der Waals surface area contributed by atoms with Gasteiger partial charge in [-0.05, 0) is 46.5 Å². The number of ketones is 2. The molecule has 2 aliphatic heterocycles. The van der Waals surface area contributed by atoms with Crippen molar-refractivity contribution in [2.75, 3.05) is 13.2 Å². The van der Waals surface area contributed by atoms with Gasteiger partial charge in [-0.2, -0.15) is 0 Å². The summed E-state index contributed by atoms with van der Waals surface area (Å²) in [4.78, 5) is 54.1. The van der Waals surface area contributed by atoms with Gasteiger partial charge in [0.05, 0.1) is 35.5 Å². The normalized spacial score (nSPS) is 30.1. The van der Waals surface area contributed by atoms with Crippen LogP contribution in [-0.2, 0) is 9.47 Å². The average Bonchev–Trinajstić information content (AvgIpc) is 3.24. The Bertz CT molecular complexity index is 2330. The molecule has 20 nitrogen and oxygen atoms in total. The van der Waals surface area contributed by atoms with E-state index in [1.807, 2.05) is 0 Å². The molecule has 20 heteroatoms. The van der Waals surface area contributed by atoms with E-state index >= 15 is 0 Å². The van der Waals surface area contributed by atoms with Gasteiger partial charge in [0.1, 0.15) is 60.3 Å². The summed E-state index contributed by atoms with van der Waals surface area (Å²) in [5.41, 5.74) is -3.65. The molecule has 2 fully saturated rings. The quantitative estimate of drug-likeness (QED) is 0.0841. The number of hydrogen-bond acceptors (Lipinski definition) is 18. The van der Waals surface area contributed by atoms with Crippen LogP contribution >= 0.6 is 0 Å². The molecule has 0 radical (unpaired) electrons. The maximum Gasteiger partial charge on any atom is 0.335 e. The van der Waals surface area contributed by atoms with Crippen LogP contribution in [0.5, 0.6) is 23.0 Å². The Morgan fingerprint density at radius 2 is 0.903 bits per heavy atom. The number of aromatic carboxylic acids is 2. The Hall–Kier alpha value is -6.04. The summed E-state index contributed by atoms with van der Waals surface area (Å²) >= 11 is 0. The van der Waals surface area contributed by atoms with Gasteiger partial charge in [-0.3, -0.25) is 9.59 Å². The first-order chi connectivity index (χ1) is 29.5. The van der Waals surface area contributed by atoms with E-state index in [2.05, 4.69) is 0 Å². The van der Waals surface area contributed by atoms with Crippen molar-refractivity contribution >= 4 is 23.5 Å². The molecule has 4 aromatic rings. The fourth-order valence-corrected chi connectivity index (χ4v) is 8.68. The first kappa shape index (κ1) is 42.6. The zero-order valence-corrected chi connectivity index (χ0v) is 31.7. The van der Waals surface area contributed by atoms with E-state index < -0.39 is 144 Å². The minimum absolute atomic E-state index is 0.0452. The molecule has 2 heterocycles. The van der Waals surface area contributed by atoms with E-state index in [4.69, 9.17) is 18.9 Å². The van der Waals surface area contributed by atoms with E-state index in [9.17, 15) is 80.5 Å². The zero-order valence-electron chi connectivity index (χ0n) is 31.7. The molecule has 4 aromatic carbocycles. The molecule has 2 aliphatic carbocycles. The highest BCUT2D eigenvalue weighted by Gasteiger charge is 2.49. The van der Waals surface area contributed by atoms with E-state index in [-0.39, 0.29) is 44.9 Å². The highest BCUT2D eigenvalue weighted by atomic mass is 16.7. The summed E-state index contributed by atoms with van der Waals surface area (Å²) in [5.74, 6) is -11.1. The number of fused-ring (bicyclic) bond motifs is 4. The van der Waals surface area contributed by atoms with Gasteiger partial charge in [-0.25, -0.2) is 9.59 Å². The number of benzene rings is 4. The third-order valence-corrected chi connectivity index (χ3v) is 11.6. The largest absolute Gasteiger partial charge is 0.872 e. The predicted molar refractivity (Wildman–Crippen MR) is 198 cm³/mol. The molecule has 0 bridgehead atoms. The molecule has 2 saturated heterocycles. The Balaban J connectivity index is 1.38. The number of aliphatic hydroxyl groups excluding tert-OH is 8. The van der Waals surface area contributed by atoms with Gasteiger partial charge in [-0.15, -0.1) is 0 Å². The summed E-state index contributed by atoms with van der Waals surface area (Å²) in [6.45, 7) is -1.67. The molecule has 4 aliphatic rings. The molecule has 8 rings (SSSR count). The summed E-state index contributed by atoms with van der Waals surface area (Å²) < 4.78 is 22.9. The lowest BCUT2D eigenvalue weighted by atomic mass is 9.63. The van der Waals surface area contributed by atoms with Crippen LogP contribution in [0.15, 0.2) is 60.7 Å². The van der Waals surface area contributed by atoms with Crippen molar-refractivity contribution in [3.05, 3.63) is 116 Å². The Morgan fingerprint density at radius 1 is 0.532 bits per heavy atom. The average molecular weight is 861 g/mol. The van der Waals surface area contributed by atoms with Gasteiger partial charge in [0, 0.05) is 23.0 Å². The lowest BCUT2D eigenvalue weighted by Gasteiger charge is -2.42. The second kappa shape index (κ2) is 16.0. The van der Waals surface area contributed by atoms with Gasteiger partial charge < -0.3 is 80.2 Å². The summed E-state index contributed by atoms with van der Waals surface area (Å²) in [6.07, 6.45) is -17.9. The standard InChI is InChI=1S/C42H38O20/c43-11-23-31(47)35(51)37(53)41(61-23)59-21-5-1-3-15-25(17-7-13(39(55)56)9-19(45)27(17)33(49)29(15)21)26-16-4-2-6-22(60-42-38(54)36(52)32(48)24(12-44)62-42)30(16)34(50)28-18(26)8-14(40(57)58)10-20(28)46/h1-10,23-26,31-32,35-38,41-48,51-54H,11-12H2,(H,55,56)(H,57,58)/p-2/t23-,24-,25-,26+,31-,32-,35+,36+,37-,38-,41-,42-/m1/s1. The van der Waals surface area contributed by atoms with Crippen LogP contribution in [0.2, 0.25) is 0 Å². The number of carbonyl (C=O) groups is 4. The molecule has 10 N–H and O–H groups in total. The topological polar surface area (TPSA) is 354 Å². The number of carbonyl (C=O) groups excluding carboxylic acids is 2. The van der Waals surface area contributed by atoms with Crippen molar-refractivity contribution in [2.45, 2.75) is 73.2 Å². The Morgan fingerprint density at radius 3 is 1.24 bits per heavy atom. The molecule has 12 atom stereocenters. The summed E-state index contributed by atoms with van der Waals surface area (Å²) in [6, 6.07) is 11.4. The van der Waals surface area contributed by atoms with E-state index in [0.29, 0.717) is 12.1 Å². The molecule has 0 spiro atoms. The smallest absolute Gasteiger partial charge is 0.335 e. The molecule has 62 heavy (non-hydrogen) atoms. The van der Waals surface area contributed by atoms with Crippen LogP contribution in [0.3, 0.4) is 0 Å². The third-order valence-electron chi connectivity index (χ3n) is 11.6. The Labute approximate surface area is 348 Å². The minimum Gasteiger partial charge on any atom is -0.872 e. The fourth-order valence-electron chi connectivity index (χ4n) is 8.68. The second-order valence-corrected chi connectivity index (χ2v) is 15.2. The first-order valence-corrected chi connectivity index (χ1v) is 18.9. The molecular weight excluding hydrogens is 824 g/mol.